The van der Waals surface area contributed by atoms with E-state index < -0.39 is 6.04 Å². The van der Waals surface area contributed by atoms with Crippen molar-refractivity contribution in [2.75, 3.05) is 26.9 Å². The number of esters is 1. The minimum absolute atomic E-state index is 0.0672. The maximum Gasteiger partial charge on any atom is 0.330 e. The summed E-state index contributed by atoms with van der Waals surface area (Å²) >= 11 is 5.77. The van der Waals surface area contributed by atoms with Gasteiger partial charge in [0.15, 0.2) is 6.04 Å². The quantitative estimate of drug-likeness (QED) is 0.326. The number of aliphatic imine (C=N–C) groups is 2. The van der Waals surface area contributed by atoms with E-state index in [0.717, 1.165) is 0 Å². The smallest absolute Gasteiger partial charge is 0.330 e. The molecule has 0 amide bonds. The van der Waals surface area contributed by atoms with Gasteiger partial charge < -0.3 is 14.4 Å². The molecule has 1 heterocycles. The van der Waals surface area contributed by atoms with E-state index >= 15 is 0 Å². The summed E-state index contributed by atoms with van der Waals surface area (Å²) in [6, 6.07) is -0.499. The summed E-state index contributed by atoms with van der Waals surface area (Å²) in [6.45, 7) is 6.53. The Labute approximate surface area is 111 Å². The van der Waals surface area contributed by atoms with Crippen LogP contribution in [0.25, 0.3) is 0 Å². The van der Waals surface area contributed by atoms with Gasteiger partial charge in [-0.3, -0.25) is 0 Å². The molecule has 0 aromatic carbocycles. The first-order valence-corrected chi connectivity index (χ1v) is 5.79. The third kappa shape index (κ3) is 3.82. The van der Waals surface area contributed by atoms with Gasteiger partial charge in [0, 0.05) is 12.7 Å². The summed E-state index contributed by atoms with van der Waals surface area (Å²) in [4.78, 5) is 21.2. The van der Waals surface area contributed by atoms with Crippen molar-refractivity contribution in [2.45, 2.75) is 13.0 Å². The molecule has 1 aliphatic rings. The third-order valence-electron chi connectivity index (χ3n) is 2.47. The number of halogens is 1. The fraction of sp³-hybridized carbons (Fsp3) is 0.545. The molecule has 1 unspecified atom stereocenters. The second-order valence-electron chi connectivity index (χ2n) is 3.55. The molecule has 1 atom stereocenters. The number of nitrogens with zero attached hydrogens (tertiary/aromatic N) is 3. The van der Waals surface area contributed by atoms with Gasteiger partial charge in [-0.15, -0.1) is 0 Å². The molecule has 1 saturated heterocycles. The molecule has 1 fully saturated rings. The summed E-state index contributed by atoms with van der Waals surface area (Å²) in [7, 11) is 1.34. The first kappa shape index (κ1) is 14.7. The third-order valence-corrected chi connectivity index (χ3v) is 2.65. The molecule has 0 aromatic rings. The van der Waals surface area contributed by atoms with Crippen LogP contribution >= 0.6 is 11.6 Å². The van der Waals surface area contributed by atoms with E-state index in [-0.39, 0.29) is 17.9 Å². The summed E-state index contributed by atoms with van der Waals surface area (Å²) in [6.07, 6.45) is 1.30. The van der Waals surface area contributed by atoms with Crippen LogP contribution in [-0.4, -0.2) is 54.9 Å². The Kier molecular flexibility index (Phi) is 5.80. The zero-order chi connectivity index (χ0) is 13.5. The Morgan fingerprint density at radius 3 is 3.00 bits per heavy atom. The molecule has 6 nitrogen and oxygen atoms in total. The molecule has 1 rings (SSSR count). The highest BCUT2D eigenvalue weighted by Gasteiger charge is 2.31. The second kappa shape index (κ2) is 7.13. The van der Waals surface area contributed by atoms with Crippen molar-refractivity contribution in [2.24, 2.45) is 9.98 Å². The SMILES string of the molecule is C=CN=C(Cl)N=C(C)N1CCOCC1C(=O)OC. The number of morpholine rings is 1. The molecule has 0 aliphatic carbocycles. The van der Waals surface area contributed by atoms with Gasteiger partial charge in [0.25, 0.3) is 0 Å². The predicted molar refractivity (Wildman–Crippen MR) is 69.9 cm³/mol. The topological polar surface area (TPSA) is 63.5 Å². The van der Waals surface area contributed by atoms with Crippen molar-refractivity contribution in [3.8, 4) is 0 Å². The Hall–Kier alpha value is -1.40. The van der Waals surface area contributed by atoms with Crippen molar-refractivity contribution < 1.29 is 14.3 Å². The number of carbonyl (C=O) groups is 1. The average molecular weight is 274 g/mol. The fourth-order valence-electron chi connectivity index (χ4n) is 1.62. The number of hydrogen-bond acceptors (Lipinski definition) is 4. The van der Waals surface area contributed by atoms with Gasteiger partial charge in [0.1, 0.15) is 5.84 Å². The van der Waals surface area contributed by atoms with E-state index in [1.165, 1.54) is 13.3 Å². The van der Waals surface area contributed by atoms with Crippen LogP contribution in [0.5, 0.6) is 0 Å². The molecule has 0 saturated carbocycles. The first-order chi connectivity index (χ1) is 8.60. The second-order valence-corrected chi connectivity index (χ2v) is 3.89. The Morgan fingerprint density at radius 1 is 1.67 bits per heavy atom. The summed E-state index contributed by atoms with van der Waals surface area (Å²) in [5, 5.41) is 0.0672. The number of amidine groups is 2. The predicted octanol–water partition coefficient (Wildman–Crippen LogP) is 1.02. The van der Waals surface area contributed by atoms with Crippen molar-refractivity contribution in [1.29, 1.82) is 0 Å². The van der Waals surface area contributed by atoms with E-state index in [2.05, 4.69) is 16.6 Å². The van der Waals surface area contributed by atoms with Gasteiger partial charge >= 0.3 is 5.97 Å². The van der Waals surface area contributed by atoms with Crippen LogP contribution in [-0.2, 0) is 14.3 Å². The van der Waals surface area contributed by atoms with Crippen molar-refractivity contribution in [1.82, 2.24) is 4.90 Å². The lowest BCUT2D eigenvalue weighted by Gasteiger charge is -2.34. The minimum atomic E-state index is -0.499. The Balaban J connectivity index is 2.86. The zero-order valence-corrected chi connectivity index (χ0v) is 11.2. The lowest BCUT2D eigenvalue weighted by atomic mass is 10.2. The number of rotatable bonds is 2. The van der Waals surface area contributed by atoms with Gasteiger partial charge in [-0.1, -0.05) is 6.58 Å². The van der Waals surface area contributed by atoms with E-state index in [9.17, 15) is 4.79 Å². The van der Waals surface area contributed by atoms with Crippen LogP contribution in [0, 0.1) is 0 Å². The molecule has 0 spiro atoms. The standard InChI is InChI=1S/C11H16ClN3O3/c1-4-13-11(12)14-8(2)15-5-6-18-7-9(15)10(16)17-3/h4,9H,1,5-7H2,2-3H3. The average Bonchev–Trinajstić information content (AvgIpc) is 2.38. The molecule has 0 bridgehead atoms. The van der Waals surface area contributed by atoms with Gasteiger partial charge in [-0.2, -0.15) is 0 Å². The van der Waals surface area contributed by atoms with Gasteiger partial charge in [0.2, 0.25) is 5.29 Å². The van der Waals surface area contributed by atoms with E-state index in [0.29, 0.717) is 19.0 Å². The van der Waals surface area contributed by atoms with Crippen LogP contribution in [0.3, 0.4) is 0 Å². The normalized spacial score (nSPS) is 21.7. The molecule has 0 N–H and O–H groups in total. The van der Waals surface area contributed by atoms with E-state index in [4.69, 9.17) is 21.1 Å². The highest BCUT2D eigenvalue weighted by atomic mass is 35.5. The van der Waals surface area contributed by atoms with Gasteiger partial charge in [-0.25, -0.2) is 14.8 Å². The summed E-state index contributed by atoms with van der Waals surface area (Å²) < 4.78 is 9.99. The number of hydrogen-bond donors (Lipinski definition) is 0. The maximum atomic E-state index is 11.6. The minimum Gasteiger partial charge on any atom is -0.467 e. The maximum absolute atomic E-state index is 11.6. The molecule has 0 aromatic heterocycles. The molecule has 18 heavy (non-hydrogen) atoms. The zero-order valence-electron chi connectivity index (χ0n) is 10.4. The molecule has 100 valence electrons. The van der Waals surface area contributed by atoms with Crippen LogP contribution < -0.4 is 0 Å². The Morgan fingerprint density at radius 2 is 2.39 bits per heavy atom. The number of carbonyl (C=O) groups excluding carboxylic acids is 1. The van der Waals surface area contributed by atoms with Crippen LogP contribution in [0.2, 0.25) is 0 Å². The molecule has 1 aliphatic heterocycles. The van der Waals surface area contributed by atoms with Crippen molar-refractivity contribution in [3.63, 3.8) is 0 Å². The Bertz CT molecular complexity index is 382. The van der Waals surface area contributed by atoms with Crippen LogP contribution in [0.4, 0.5) is 0 Å². The molecular formula is C11H16ClN3O3. The van der Waals surface area contributed by atoms with Crippen LogP contribution in [0.1, 0.15) is 6.92 Å². The lowest BCUT2D eigenvalue weighted by molar-refractivity contribution is -0.150. The molecule has 7 heteroatoms. The monoisotopic (exact) mass is 273 g/mol. The van der Waals surface area contributed by atoms with Gasteiger partial charge in [-0.05, 0) is 18.5 Å². The number of ether oxygens (including phenoxy) is 2. The molecule has 0 radical (unpaired) electrons. The number of methoxy groups -OCH3 is 1. The van der Waals surface area contributed by atoms with Crippen molar-refractivity contribution in [3.05, 3.63) is 12.8 Å². The first-order valence-electron chi connectivity index (χ1n) is 5.42. The largest absolute Gasteiger partial charge is 0.467 e. The van der Waals surface area contributed by atoms with Crippen LogP contribution in [0.15, 0.2) is 22.8 Å². The highest BCUT2D eigenvalue weighted by Crippen LogP contribution is 2.10. The molecular weight excluding hydrogens is 258 g/mol. The fourth-order valence-corrected chi connectivity index (χ4v) is 1.82. The van der Waals surface area contributed by atoms with E-state index in [1.54, 1.807) is 11.8 Å². The van der Waals surface area contributed by atoms with Crippen molar-refractivity contribution >= 4 is 28.7 Å². The highest BCUT2D eigenvalue weighted by molar-refractivity contribution is 6.65. The lowest BCUT2D eigenvalue weighted by Crippen LogP contribution is -2.52. The summed E-state index contributed by atoms with van der Waals surface area (Å²) in [5.41, 5.74) is 0. The summed E-state index contributed by atoms with van der Waals surface area (Å²) in [5.74, 6) is 0.227. The van der Waals surface area contributed by atoms with E-state index in [1.807, 2.05) is 0 Å². The van der Waals surface area contributed by atoms with Gasteiger partial charge in [0.05, 0.1) is 20.3 Å².